The fourth-order valence-corrected chi connectivity index (χ4v) is 1.82. The van der Waals surface area contributed by atoms with Crippen molar-refractivity contribution in [3.63, 3.8) is 0 Å². The molecule has 0 aromatic heterocycles. The van der Waals surface area contributed by atoms with E-state index in [1.165, 1.54) is 0 Å². The van der Waals surface area contributed by atoms with Gasteiger partial charge in [0.15, 0.2) is 0 Å². The zero-order chi connectivity index (χ0) is 16.9. The van der Waals surface area contributed by atoms with Crippen LogP contribution in [0.2, 0.25) is 0 Å². The number of hydrogen-bond acceptors (Lipinski definition) is 2. The molecule has 0 bridgehead atoms. The number of carbonyl (C=O) groups is 2. The van der Waals surface area contributed by atoms with Crippen LogP contribution >= 0.6 is 0 Å². The highest BCUT2D eigenvalue weighted by Crippen LogP contribution is 2.18. The number of rotatable bonds is 6. The Bertz CT molecular complexity index is 252. The Hall–Kier alpha value is -1.06. The lowest BCUT2D eigenvalue weighted by molar-refractivity contribution is -0.146. The standard InChI is InChI=1S/C12H23NO3.2C2H6/c1-6-9(4)10(5)13(8(2)3)11(14)7-12(15)16;2*1-2/h8-10H,6-7H2,1-5H3,(H,15,16);2*1-2H3. The Morgan fingerprint density at radius 2 is 1.40 bits per heavy atom. The maximum absolute atomic E-state index is 11.8. The molecule has 0 aromatic carbocycles. The average Bonchev–Trinajstić information content (AvgIpc) is 2.41. The third-order valence-electron chi connectivity index (χ3n) is 3.05. The summed E-state index contributed by atoms with van der Waals surface area (Å²) in [5, 5.41) is 8.64. The quantitative estimate of drug-likeness (QED) is 0.746. The molecule has 0 spiro atoms. The molecule has 0 radical (unpaired) electrons. The van der Waals surface area contributed by atoms with E-state index in [1.54, 1.807) is 4.90 Å². The zero-order valence-electron chi connectivity index (χ0n) is 14.9. The van der Waals surface area contributed by atoms with E-state index in [2.05, 4.69) is 13.8 Å². The first-order chi connectivity index (χ1) is 9.31. The molecule has 0 aliphatic carbocycles. The van der Waals surface area contributed by atoms with Gasteiger partial charge in [-0.25, -0.2) is 0 Å². The van der Waals surface area contributed by atoms with Gasteiger partial charge in [0.2, 0.25) is 5.91 Å². The predicted molar refractivity (Wildman–Crippen MR) is 85.8 cm³/mol. The molecule has 0 heterocycles. The van der Waals surface area contributed by atoms with Crippen LogP contribution in [0.15, 0.2) is 0 Å². The van der Waals surface area contributed by atoms with Gasteiger partial charge in [0.05, 0.1) is 0 Å². The van der Waals surface area contributed by atoms with Gasteiger partial charge in [-0.3, -0.25) is 9.59 Å². The maximum Gasteiger partial charge on any atom is 0.312 e. The number of carboxylic acid groups (broad SMARTS) is 1. The van der Waals surface area contributed by atoms with E-state index in [1.807, 2.05) is 48.5 Å². The molecule has 2 unspecified atom stereocenters. The Kier molecular flexibility index (Phi) is 17.2. The Balaban J connectivity index is -0.000000656. The number of amides is 1. The highest BCUT2D eigenvalue weighted by atomic mass is 16.4. The molecule has 20 heavy (non-hydrogen) atoms. The predicted octanol–water partition coefficient (Wildman–Crippen LogP) is 4.19. The smallest absolute Gasteiger partial charge is 0.312 e. The van der Waals surface area contributed by atoms with Crippen molar-refractivity contribution >= 4 is 11.9 Å². The first-order valence-electron chi connectivity index (χ1n) is 7.84. The summed E-state index contributed by atoms with van der Waals surface area (Å²) >= 11 is 0. The van der Waals surface area contributed by atoms with Crippen LogP contribution in [-0.2, 0) is 9.59 Å². The maximum atomic E-state index is 11.8. The monoisotopic (exact) mass is 289 g/mol. The summed E-state index contributed by atoms with van der Waals surface area (Å²) in [5.74, 6) is -0.984. The molecule has 0 saturated carbocycles. The molecular weight excluding hydrogens is 254 g/mol. The first-order valence-corrected chi connectivity index (χ1v) is 7.84. The minimum atomic E-state index is -1.06. The van der Waals surface area contributed by atoms with E-state index in [4.69, 9.17) is 5.11 Å². The number of nitrogens with zero attached hydrogens (tertiary/aromatic N) is 1. The lowest BCUT2D eigenvalue weighted by atomic mass is 9.98. The van der Waals surface area contributed by atoms with Crippen molar-refractivity contribution in [1.82, 2.24) is 4.90 Å². The highest BCUT2D eigenvalue weighted by molar-refractivity contribution is 5.93. The molecule has 0 aliphatic heterocycles. The number of aliphatic carboxylic acids is 1. The van der Waals surface area contributed by atoms with Crippen molar-refractivity contribution in [2.45, 2.75) is 87.2 Å². The van der Waals surface area contributed by atoms with E-state index in [9.17, 15) is 9.59 Å². The van der Waals surface area contributed by atoms with Crippen molar-refractivity contribution in [1.29, 1.82) is 0 Å². The van der Waals surface area contributed by atoms with Gasteiger partial charge in [0.25, 0.3) is 0 Å². The van der Waals surface area contributed by atoms with E-state index < -0.39 is 12.4 Å². The zero-order valence-corrected chi connectivity index (χ0v) is 14.9. The van der Waals surface area contributed by atoms with Crippen LogP contribution in [0.25, 0.3) is 0 Å². The number of hydrogen-bond donors (Lipinski definition) is 1. The van der Waals surface area contributed by atoms with Crippen LogP contribution in [0.5, 0.6) is 0 Å². The largest absolute Gasteiger partial charge is 0.481 e. The van der Waals surface area contributed by atoms with E-state index >= 15 is 0 Å². The molecular formula is C16H35NO3. The third-order valence-corrected chi connectivity index (χ3v) is 3.05. The second-order valence-corrected chi connectivity index (χ2v) is 4.59. The van der Waals surface area contributed by atoms with Crippen LogP contribution in [0.4, 0.5) is 0 Å². The first kappa shape index (κ1) is 24.0. The lowest BCUT2D eigenvalue weighted by Gasteiger charge is -2.36. The van der Waals surface area contributed by atoms with Gasteiger partial charge in [-0.05, 0) is 26.7 Å². The van der Waals surface area contributed by atoms with Gasteiger partial charge in [-0.15, -0.1) is 0 Å². The van der Waals surface area contributed by atoms with Gasteiger partial charge in [0, 0.05) is 12.1 Å². The molecule has 2 atom stereocenters. The van der Waals surface area contributed by atoms with Gasteiger partial charge >= 0.3 is 5.97 Å². The molecule has 1 amide bonds. The van der Waals surface area contributed by atoms with Crippen molar-refractivity contribution in [2.24, 2.45) is 5.92 Å². The van der Waals surface area contributed by atoms with Crippen LogP contribution in [0.1, 0.15) is 75.2 Å². The van der Waals surface area contributed by atoms with Crippen molar-refractivity contribution in [3.05, 3.63) is 0 Å². The summed E-state index contributed by atoms with van der Waals surface area (Å²) in [5.41, 5.74) is 0. The molecule has 0 aromatic rings. The Morgan fingerprint density at radius 3 is 1.65 bits per heavy atom. The fourth-order valence-electron chi connectivity index (χ4n) is 1.82. The highest BCUT2D eigenvalue weighted by Gasteiger charge is 2.27. The topological polar surface area (TPSA) is 57.6 Å². The third kappa shape index (κ3) is 9.82. The van der Waals surface area contributed by atoms with Gasteiger partial charge in [0.1, 0.15) is 6.42 Å². The Morgan fingerprint density at radius 1 is 1.00 bits per heavy atom. The second kappa shape index (κ2) is 14.4. The van der Waals surface area contributed by atoms with E-state index in [-0.39, 0.29) is 18.0 Å². The fraction of sp³-hybridized carbons (Fsp3) is 0.875. The summed E-state index contributed by atoms with van der Waals surface area (Å²) in [6, 6.07) is 0.118. The number of carbonyl (C=O) groups excluding carboxylic acids is 1. The van der Waals surface area contributed by atoms with Gasteiger partial charge in [-0.2, -0.15) is 0 Å². The second-order valence-electron chi connectivity index (χ2n) is 4.59. The number of carboxylic acids is 1. The van der Waals surface area contributed by atoms with Gasteiger partial charge < -0.3 is 10.0 Å². The van der Waals surface area contributed by atoms with E-state index in [0.29, 0.717) is 5.92 Å². The molecule has 1 N–H and O–H groups in total. The van der Waals surface area contributed by atoms with Crippen LogP contribution in [0, 0.1) is 5.92 Å². The van der Waals surface area contributed by atoms with Crippen molar-refractivity contribution < 1.29 is 14.7 Å². The molecule has 4 heteroatoms. The normalized spacial score (nSPS) is 12.3. The molecule has 4 nitrogen and oxygen atoms in total. The SMILES string of the molecule is CC.CC.CCC(C)C(C)N(C(=O)CC(=O)O)C(C)C. The van der Waals surface area contributed by atoms with Gasteiger partial charge in [-0.1, -0.05) is 48.0 Å². The summed E-state index contributed by atoms with van der Waals surface area (Å²) in [6.07, 6.45) is 0.559. The molecule has 0 aliphatic rings. The molecule has 122 valence electrons. The summed E-state index contributed by atoms with van der Waals surface area (Å²) in [4.78, 5) is 24.0. The Labute approximate surface area is 125 Å². The summed E-state index contributed by atoms with van der Waals surface area (Å²) in [7, 11) is 0. The lowest BCUT2D eigenvalue weighted by Crippen LogP contribution is -2.46. The van der Waals surface area contributed by atoms with E-state index in [0.717, 1.165) is 6.42 Å². The minimum absolute atomic E-state index is 0.0378. The summed E-state index contributed by atoms with van der Waals surface area (Å²) in [6.45, 7) is 18.0. The van der Waals surface area contributed by atoms with Crippen LogP contribution in [0.3, 0.4) is 0 Å². The van der Waals surface area contributed by atoms with Crippen LogP contribution in [-0.4, -0.2) is 34.0 Å². The van der Waals surface area contributed by atoms with Crippen LogP contribution < -0.4 is 0 Å². The molecule has 0 fully saturated rings. The molecule has 0 saturated heterocycles. The summed E-state index contributed by atoms with van der Waals surface area (Å²) < 4.78 is 0. The molecule has 0 rings (SSSR count). The van der Waals surface area contributed by atoms with Crippen molar-refractivity contribution in [3.8, 4) is 0 Å². The minimum Gasteiger partial charge on any atom is -0.481 e. The van der Waals surface area contributed by atoms with Crippen molar-refractivity contribution in [2.75, 3.05) is 0 Å². The average molecular weight is 289 g/mol.